The maximum atomic E-state index is 12.9. The van der Waals surface area contributed by atoms with E-state index in [0.717, 1.165) is 55.5 Å². The summed E-state index contributed by atoms with van der Waals surface area (Å²) < 4.78 is 1.89. The summed E-state index contributed by atoms with van der Waals surface area (Å²) in [7, 11) is 0. The zero-order valence-corrected chi connectivity index (χ0v) is 15.8. The van der Waals surface area contributed by atoms with Crippen LogP contribution in [0.25, 0.3) is 5.65 Å². The molecule has 0 unspecified atom stereocenters. The van der Waals surface area contributed by atoms with Crippen molar-refractivity contribution in [1.82, 2.24) is 19.5 Å². The number of rotatable bonds is 2. The Balaban J connectivity index is 1.31. The van der Waals surface area contributed by atoms with Crippen molar-refractivity contribution >= 4 is 28.7 Å². The largest absolute Gasteiger partial charge is 0.355 e. The van der Waals surface area contributed by atoms with Crippen molar-refractivity contribution in [3.8, 4) is 0 Å². The van der Waals surface area contributed by atoms with Gasteiger partial charge in [0, 0.05) is 48.9 Å². The molecular formula is C19H21N5OS. The Morgan fingerprint density at radius 1 is 1.23 bits per heavy atom. The molecule has 26 heavy (non-hydrogen) atoms. The van der Waals surface area contributed by atoms with Gasteiger partial charge in [-0.15, -0.1) is 11.3 Å². The lowest BCUT2D eigenvalue weighted by atomic mass is 9.97. The third-order valence-corrected chi connectivity index (χ3v) is 6.36. The van der Waals surface area contributed by atoms with Gasteiger partial charge in [-0.25, -0.2) is 4.98 Å². The number of hydrogen-bond donors (Lipinski definition) is 0. The molecule has 5 rings (SSSR count). The number of amides is 1. The summed E-state index contributed by atoms with van der Waals surface area (Å²) in [6.45, 7) is 7.10. The minimum absolute atomic E-state index is 0.0790. The van der Waals surface area contributed by atoms with Gasteiger partial charge < -0.3 is 9.80 Å². The van der Waals surface area contributed by atoms with Crippen LogP contribution in [-0.4, -0.2) is 45.0 Å². The number of hydrogen-bond acceptors (Lipinski definition) is 5. The summed E-state index contributed by atoms with van der Waals surface area (Å²) in [6.07, 6.45) is 0.992. The summed E-state index contributed by atoms with van der Waals surface area (Å²) in [5.41, 5.74) is 4.12. The average molecular weight is 367 g/mol. The number of nitrogens with zero attached hydrogens (tertiary/aromatic N) is 5. The van der Waals surface area contributed by atoms with Gasteiger partial charge in [-0.1, -0.05) is 0 Å². The molecule has 0 atom stereocenters. The molecule has 2 aliphatic rings. The van der Waals surface area contributed by atoms with E-state index in [-0.39, 0.29) is 11.8 Å². The number of aryl methyl sites for hydroxylation is 2. The Bertz CT molecular complexity index is 1000. The number of carbonyl (C=O) groups is 1. The Morgan fingerprint density at radius 3 is 2.92 bits per heavy atom. The van der Waals surface area contributed by atoms with Crippen LogP contribution >= 0.6 is 11.3 Å². The predicted octanol–water partition coefficient (Wildman–Crippen LogP) is 2.43. The summed E-state index contributed by atoms with van der Waals surface area (Å²) >= 11 is 1.81. The zero-order valence-electron chi connectivity index (χ0n) is 15.0. The molecule has 3 aromatic rings. The van der Waals surface area contributed by atoms with Crippen LogP contribution in [0.15, 0.2) is 23.6 Å². The lowest BCUT2D eigenvalue weighted by molar-refractivity contribution is -0.137. The van der Waals surface area contributed by atoms with E-state index < -0.39 is 0 Å². The first kappa shape index (κ1) is 15.8. The molecule has 0 bridgehead atoms. The van der Waals surface area contributed by atoms with E-state index in [1.54, 1.807) is 0 Å². The van der Waals surface area contributed by atoms with Gasteiger partial charge in [-0.05, 0) is 37.3 Å². The van der Waals surface area contributed by atoms with Gasteiger partial charge in [-0.3, -0.25) is 4.79 Å². The molecule has 3 aromatic heterocycles. The molecule has 6 nitrogen and oxygen atoms in total. The number of aromatic nitrogens is 3. The molecule has 0 radical (unpaired) electrons. The molecule has 2 aliphatic heterocycles. The van der Waals surface area contributed by atoms with E-state index in [1.807, 2.05) is 40.7 Å². The van der Waals surface area contributed by atoms with Crippen molar-refractivity contribution < 1.29 is 4.79 Å². The summed E-state index contributed by atoms with van der Waals surface area (Å²) in [5.74, 6) is 1.40. The molecule has 134 valence electrons. The molecule has 0 N–H and O–H groups in total. The molecule has 7 heteroatoms. The maximum Gasteiger partial charge on any atom is 0.229 e. The van der Waals surface area contributed by atoms with E-state index in [2.05, 4.69) is 32.5 Å². The van der Waals surface area contributed by atoms with Crippen LogP contribution in [0.3, 0.4) is 0 Å². The Labute approximate surface area is 156 Å². The van der Waals surface area contributed by atoms with Crippen molar-refractivity contribution in [2.24, 2.45) is 5.92 Å². The van der Waals surface area contributed by atoms with Crippen LogP contribution in [0.5, 0.6) is 0 Å². The fourth-order valence-corrected chi connectivity index (χ4v) is 4.83. The summed E-state index contributed by atoms with van der Waals surface area (Å²) in [6, 6.07) is 6.20. The van der Waals surface area contributed by atoms with E-state index in [0.29, 0.717) is 0 Å². The average Bonchev–Trinajstić information content (AvgIpc) is 3.17. The Morgan fingerprint density at radius 2 is 2.08 bits per heavy atom. The van der Waals surface area contributed by atoms with Crippen molar-refractivity contribution in [1.29, 1.82) is 0 Å². The van der Waals surface area contributed by atoms with Crippen molar-refractivity contribution in [3.63, 3.8) is 0 Å². The minimum Gasteiger partial charge on any atom is -0.355 e. The van der Waals surface area contributed by atoms with Crippen LogP contribution in [0.1, 0.15) is 21.8 Å². The van der Waals surface area contributed by atoms with Crippen molar-refractivity contribution in [2.45, 2.75) is 26.8 Å². The molecular weight excluding hydrogens is 346 g/mol. The van der Waals surface area contributed by atoms with E-state index >= 15 is 0 Å². The summed E-state index contributed by atoms with van der Waals surface area (Å²) in [4.78, 5) is 23.1. The molecule has 1 saturated heterocycles. The number of thiophene rings is 1. The molecule has 0 saturated carbocycles. The fourth-order valence-electron chi connectivity index (χ4n) is 3.94. The highest BCUT2D eigenvalue weighted by molar-refractivity contribution is 7.10. The normalized spacial score (nSPS) is 17.5. The highest BCUT2D eigenvalue weighted by Gasteiger charge is 2.37. The van der Waals surface area contributed by atoms with Crippen molar-refractivity contribution in [3.05, 3.63) is 45.4 Å². The van der Waals surface area contributed by atoms with E-state index in [4.69, 9.17) is 0 Å². The molecule has 5 heterocycles. The third kappa shape index (κ3) is 2.49. The first-order valence-electron chi connectivity index (χ1n) is 9.01. The Hall–Kier alpha value is -2.41. The zero-order chi connectivity index (χ0) is 17.8. The second-order valence-electron chi connectivity index (χ2n) is 7.29. The molecule has 1 fully saturated rings. The Kier molecular flexibility index (Phi) is 3.53. The van der Waals surface area contributed by atoms with E-state index in [9.17, 15) is 4.79 Å². The lowest BCUT2D eigenvalue weighted by Gasteiger charge is -2.42. The quantitative estimate of drug-likeness (QED) is 0.698. The number of carbonyl (C=O) groups excluding carboxylic acids is 1. The first-order chi connectivity index (χ1) is 12.6. The maximum absolute atomic E-state index is 12.9. The van der Waals surface area contributed by atoms with Gasteiger partial charge in [-0.2, -0.15) is 9.61 Å². The van der Waals surface area contributed by atoms with E-state index in [1.165, 1.54) is 10.4 Å². The fraction of sp³-hybridized carbons (Fsp3) is 0.421. The third-order valence-electron chi connectivity index (χ3n) is 5.33. The lowest BCUT2D eigenvalue weighted by Crippen LogP contribution is -2.55. The minimum atomic E-state index is 0.0790. The van der Waals surface area contributed by atoms with Gasteiger partial charge in [0.05, 0.1) is 11.6 Å². The van der Waals surface area contributed by atoms with Crippen LogP contribution in [-0.2, 0) is 17.8 Å². The van der Waals surface area contributed by atoms with Crippen LogP contribution in [0.2, 0.25) is 0 Å². The molecule has 0 aromatic carbocycles. The molecule has 0 spiro atoms. The second-order valence-corrected chi connectivity index (χ2v) is 8.29. The predicted molar refractivity (Wildman–Crippen MR) is 102 cm³/mol. The number of anilines is 1. The van der Waals surface area contributed by atoms with Gasteiger partial charge in [0.15, 0.2) is 5.65 Å². The van der Waals surface area contributed by atoms with Crippen molar-refractivity contribution in [2.75, 3.05) is 24.5 Å². The number of fused-ring (bicyclic) bond motifs is 2. The highest BCUT2D eigenvalue weighted by atomic mass is 32.1. The molecule has 0 aliphatic carbocycles. The topological polar surface area (TPSA) is 53.7 Å². The van der Waals surface area contributed by atoms with Crippen LogP contribution in [0, 0.1) is 19.8 Å². The van der Waals surface area contributed by atoms with Crippen LogP contribution in [0.4, 0.5) is 5.82 Å². The van der Waals surface area contributed by atoms with Crippen LogP contribution < -0.4 is 4.90 Å². The van der Waals surface area contributed by atoms with Gasteiger partial charge in [0.1, 0.15) is 5.82 Å². The standard InChI is InChI=1S/C19H21N5OS/c1-12-8-18(24-17(20-12)7-13(2)21-24)23-10-15(11-23)19(25)22-5-3-16-14(9-22)4-6-26-16/h4,6-8,15H,3,5,9-11H2,1-2H3. The monoisotopic (exact) mass is 367 g/mol. The van der Waals surface area contributed by atoms with Gasteiger partial charge >= 0.3 is 0 Å². The summed E-state index contributed by atoms with van der Waals surface area (Å²) in [5, 5.41) is 6.69. The highest BCUT2D eigenvalue weighted by Crippen LogP contribution is 2.30. The SMILES string of the molecule is Cc1cc(N2CC(C(=O)N3CCc4sccc4C3)C2)n2nc(C)cc2n1. The molecule has 1 amide bonds. The first-order valence-corrected chi connectivity index (χ1v) is 9.89. The second kappa shape index (κ2) is 5.81. The smallest absolute Gasteiger partial charge is 0.229 e. The van der Waals surface area contributed by atoms with Gasteiger partial charge in [0.2, 0.25) is 5.91 Å². The van der Waals surface area contributed by atoms with Gasteiger partial charge in [0.25, 0.3) is 0 Å².